The Labute approximate surface area is 239 Å². The Morgan fingerprint density at radius 2 is 2.00 bits per heavy atom. The monoisotopic (exact) mass is 594 g/mol. The number of rotatable bonds is 6. The molecule has 0 atom stereocenters. The van der Waals surface area contributed by atoms with Gasteiger partial charge in [-0.2, -0.15) is 0 Å². The molecule has 0 bridgehead atoms. The standard InChI is InChI=1S/C29H24ClFN4O5S/c1-15(2)41(38,39)34-29(37)25-23(19-7-5-10-32-28(19)36)24-22(13-20(31)18-9-11-40-26(18)24)35(25)14-17-12-16-6-3-4-8-21(16)33-27(17)30/h3-8,10,12-13,15H,9,11,14H2,1-2H3,(H,32,36)(H,34,37). The zero-order valence-corrected chi connectivity index (χ0v) is 23.6. The topological polar surface area (TPSA) is 123 Å². The maximum atomic E-state index is 15.4. The molecule has 1 aliphatic heterocycles. The van der Waals surface area contributed by atoms with Gasteiger partial charge in [0.1, 0.15) is 22.4 Å². The van der Waals surface area contributed by atoms with Crippen LogP contribution in [0.4, 0.5) is 4.39 Å². The summed E-state index contributed by atoms with van der Waals surface area (Å²) in [5.41, 5.74) is 1.25. The van der Waals surface area contributed by atoms with E-state index in [1.165, 1.54) is 36.7 Å². The van der Waals surface area contributed by atoms with Crippen molar-refractivity contribution >= 4 is 49.3 Å². The third-order valence-corrected chi connectivity index (χ3v) is 9.23. The minimum absolute atomic E-state index is 0.0827. The highest BCUT2D eigenvalue weighted by Gasteiger charge is 2.34. The molecule has 0 radical (unpaired) electrons. The van der Waals surface area contributed by atoms with Crippen LogP contribution in [0.3, 0.4) is 0 Å². The van der Waals surface area contributed by atoms with Crippen molar-refractivity contribution in [2.45, 2.75) is 32.1 Å². The summed E-state index contributed by atoms with van der Waals surface area (Å²) in [6.07, 6.45) is 1.74. The molecule has 6 rings (SSSR count). The summed E-state index contributed by atoms with van der Waals surface area (Å²) >= 11 is 6.58. The molecule has 0 saturated carbocycles. The number of aromatic amines is 1. The van der Waals surface area contributed by atoms with E-state index in [-0.39, 0.29) is 46.4 Å². The molecular formula is C29H24ClFN4O5S. The van der Waals surface area contributed by atoms with Crippen LogP contribution < -0.4 is 15.0 Å². The van der Waals surface area contributed by atoms with E-state index in [0.29, 0.717) is 28.5 Å². The van der Waals surface area contributed by atoms with Gasteiger partial charge in [-0.15, -0.1) is 0 Å². The molecule has 4 heterocycles. The molecule has 210 valence electrons. The quantitative estimate of drug-likeness (QED) is 0.273. The zero-order valence-electron chi connectivity index (χ0n) is 22.0. The lowest BCUT2D eigenvalue weighted by molar-refractivity contribution is 0.0973. The van der Waals surface area contributed by atoms with Crippen LogP contribution in [-0.2, 0) is 23.0 Å². The number of sulfonamides is 1. The molecule has 0 saturated heterocycles. The van der Waals surface area contributed by atoms with Gasteiger partial charge in [0.15, 0.2) is 0 Å². The molecule has 0 fully saturated rings. The number of ether oxygens (including phenoxy) is 1. The van der Waals surface area contributed by atoms with Gasteiger partial charge in [0, 0.05) is 34.7 Å². The van der Waals surface area contributed by atoms with Crippen LogP contribution in [0.25, 0.3) is 32.9 Å². The van der Waals surface area contributed by atoms with Crippen molar-refractivity contribution in [2.24, 2.45) is 0 Å². The number of aromatic nitrogens is 3. The predicted octanol–water partition coefficient (Wildman–Crippen LogP) is 4.79. The number of carbonyl (C=O) groups is 1. The Hall–Kier alpha value is -4.22. The van der Waals surface area contributed by atoms with Gasteiger partial charge in [0.05, 0.1) is 40.4 Å². The third-order valence-electron chi connectivity index (χ3n) is 7.19. The van der Waals surface area contributed by atoms with Gasteiger partial charge in [-0.25, -0.2) is 22.5 Å². The number of fused-ring (bicyclic) bond motifs is 4. The highest BCUT2D eigenvalue weighted by molar-refractivity contribution is 7.90. The SMILES string of the molecule is CC(C)S(=O)(=O)NC(=O)c1c(-c2ccc[nH]c2=O)c2c3c(c(F)cc2n1Cc1cc2ccccc2nc1Cl)CCO3. The normalized spacial score (nSPS) is 13.1. The number of pyridine rings is 2. The maximum absolute atomic E-state index is 15.4. The molecule has 9 nitrogen and oxygen atoms in total. The van der Waals surface area contributed by atoms with Crippen molar-refractivity contribution in [1.29, 1.82) is 0 Å². The van der Waals surface area contributed by atoms with Gasteiger partial charge < -0.3 is 14.3 Å². The van der Waals surface area contributed by atoms with Crippen LogP contribution >= 0.6 is 11.6 Å². The van der Waals surface area contributed by atoms with Crippen LogP contribution in [0, 0.1) is 5.82 Å². The lowest BCUT2D eigenvalue weighted by atomic mass is 10.00. The number of nitrogens with zero attached hydrogens (tertiary/aromatic N) is 2. The van der Waals surface area contributed by atoms with E-state index >= 15 is 4.39 Å². The molecule has 0 unspecified atom stereocenters. The van der Waals surface area contributed by atoms with Crippen molar-refractivity contribution in [3.05, 3.63) is 92.9 Å². The van der Waals surface area contributed by atoms with E-state index in [9.17, 15) is 18.0 Å². The lowest BCUT2D eigenvalue weighted by Crippen LogP contribution is -2.37. The minimum Gasteiger partial charge on any atom is -0.492 e. The molecule has 1 aliphatic rings. The molecule has 2 N–H and O–H groups in total. The summed E-state index contributed by atoms with van der Waals surface area (Å²) in [7, 11) is -4.08. The van der Waals surface area contributed by atoms with Crippen molar-refractivity contribution in [3.63, 3.8) is 0 Å². The van der Waals surface area contributed by atoms with Crippen LogP contribution in [0.5, 0.6) is 5.75 Å². The lowest BCUT2D eigenvalue weighted by Gasteiger charge is -2.15. The number of H-pyrrole nitrogens is 1. The fourth-order valence-corrected chi connectivity index (χ4v) is 5.92. The predicted molar refractivity (Wildman–Crippen MR) is 155 cm³/mol. The fourth-order valence-electron chi connectivity index (χ4n) is 5.12. The van der Waals surface area contributed by atoms with E-state index in [1.807, 2.05) is 24.3 Å². The van der Waals surface area contributed by atoms with E-state index in [2.05, 4.69) is 14.7 Å². The van der Waals surface area contributed by atoms with Gasteiger partial charge in [-0.1, -0.05) is 29.8 Å². The highest BCUT2D eigenvalue weighted by Crippen LogP contribution is 2.45. The van der Waals surface area contributed by atoms with Crippen molar-refractivity contribution in [3.8, 4) is 16.9 Å². The number of benzene rings is 2. The first-order valence-electron chi connectivity index (χ1n) is 12.9. The minimum atomic E-state index is -4.08. The van der Waals surface area contributed by atoms with Gasteiger partial charge in [0.2, 0.25) is 10.0 Å². The summed E-state index contributed by atoms with van der Waals surface area (Å²) < 4.78 is 50.5. The molecule has 2 aromatic carbocycles. The van der Waals surface area contributed by atoms with E-state index < -0.39 is 32.6 Å². The Bertz CT molecular complexity index is 2050. The van der Waals surface area contributed by atoms with Crippen molar-refractivity contribution in [2.75, 3.05) is 6.61 Å². The van der Waals surface area contributed by atoms with Crippen LogP contribution in [-0.4, -0.2) is 40.7 Å². The van der Waals surface area contributed by atoms with Gasteiger partial charge >= 0.3 is 0 Å². The molecule has 1 amide bonds. The molecule has 3 aromatic heterocycles. The van der Waals surface area contributed by atoms with E-state index in [4.69, 9.17) is 16.3 Å². The fraction of sp³-hybridized carbons (Fsp3) is 0.207. The first kappa shape index (κ1) is 27.0. The molecule has 12 heteroatoms. The summed E-state index contributed by atoms with van der Waals surface area (Å²) in [6.45, 7) is 3.00. The number of amides is 1. The van der Waals surface area contributed by atoms with Crippen molar-refractivity contribution < 1.29 is 22.3 Å². The number of carbonyl (C=O) groups excluding carboxylic acids is 1. The number of para-hydroxylation sites is 1. The number of hydrogen-bond acceptors (Lipinski definition) is 6. The smallest absolute Gasteiger partial charge is 0.282 e. The first-order chi connectivity index (χ1) is 19.6. The number of halogens is 2. The molecule has 0 spiro atoms. The van der Waals surface area contributed by atoms with Gasteiger partial charge in [-0.05, 0) is 44.2 Å². The largest absolute Gasteiger partial charge is 0.492 e. The summed E-state index contributed by atoms with van der Waals surface area (Å²) in [5, 5.41) is 0.347. The van der Waals surface area contributed by atoms with Crippen molar-refractivity contribution in [1.82, 2.24) is 19.3 Å². The number of hydrogen-bond donors (Lipinski definition) is 2. The summed E-state index contributed by atoms with van der Waals surface area (Å²) in [6, 6.07) is 13.5. The molecular weight excluding hydrogens is 571 g/mol. The average Bonchev–Trinajstić information content (AvgIpc) is 3.53. The summed E-state index contributed by atoms with van der Waals surface area (Å²) in [4.78, 5) is 34.1. The number of nitrogens with one attached hydrogen (secondary N) is 2. The van der Waals surface area contributed by atoms with E-state index in [0.717, 1.165) is 5.39 Å². The Balaban J connectivity index is 1.71. The molecule has 5 aromatic rings. The highest BCUT2D eigenvalue weighted by atomic mass is 35.5. The van der Waals surface area contributed by atoms with E-state index in [1.54, 1.807) is 12.1 Å². The van der Waals surface area contributed by atoms with Gasteiger partial charge in [0.25, 0.3) is 11.5 Å². The second kappa shape index (κ2) is 10.0. The average molecular weight is 595 g/mol. The van der Waals surface area contributed by atoms with Gasteiger partial charge in [-0.3, -0.25) is 9.59 Å². The van der Waals surface area contributed by atoms with Crippen LogP contribution in [0.15, 0.2) is 59.5 Å². The van der Waals surface area contributed by atoms with Crippen LogP contribution in [0.2, 0.25) is 5.15 Å². The summed E-state index contributed by atoms with van der Waals surface area (Å²) in [5.74, 6) is -1.31. The molecule has 41 heavy (non-hydrogen) atoms. The Morgan fingerprint density at radius 3 is 2.76 bits per heavy atom. The Morgan fingerprint density at radius 1 is 1.22 bits per heavy atom. The first-order valence-corrected chi connectivity index (χ1v) is 14.8. The molecule has 0 aliphatic carbocycles. The maximum Gasteiger partial charge on any atom is 0.282 e. The third kappa shape index (κ3) is 4.54. The second-order valence-electron chi connectivity index (χ2n) is 10.0. The zero-order chi connectivity index (χ0) is 29.1. The second-order valence-corrected chi connectivity index (χ2v) is 12.6. The van der Waals surface area contributed by atoms with Crippen LogP contribution in [0.1, 0.15) is 35.5 Å². The Kier molecular flexibility index (Phi) is 6.58.